The Hall–Kier alpha value is -1.03. The van der Waals surface area contributed by atoms with E-state index in [9.17, 15) is 0 Å². The van der Waals surface area contributed by atoms with E-state index in [2.05, 4.69) is 5.10 Å². The van der Waals surface area contributed by atoms with E-state index in [1.807, 2.05) is 11.6 Å². The lowest BCUT2D eigenvalue weighted by atomic mass is 10.2. The van der Waals surface area contributed by atoms with Crippen LogP contribution in [0.5, 0.6) is 5.88 Å². The SMILES string of the molecule is C[C@@H](N)c1cnn2c1OCCC2. The zero-order chi connectivity index (χ0) is 8.55. The smallest absolute Gasteiger partial charge is 0.216 e. The van der Waals surface area contributed by atoms with Crippen molar-refractivity contribution in [1.82, 2.24) is 9.78 Å². The number of hydrogen-bond acceptors (Lipinski definition) is 3. The summed E-state index contributed by atoms with van der Waals surface area (Å²) < 4.78 is 7.35. The molecule has 2 heterocycles. The maximum absolute atomic E-state index is 5.75. The summed E-state index contributed by atoms with van der Waals surface area (Å²) in [6, 6.07) is 0.00634. The van der Waals surface area contributed by atoms with E-state index in [0.29, 0.717) is 0 Å². The van der Waals surface area contributed by atoms with Gasteiger partial charge in [0.1, 0.15) is 0 Å². The molecule has 1 aliphatic heterocycles. The van der Waals surface area contributed by atoms with Crippen LogP contribution in [0.2, 0.25) is 0 Å². The van der Waals surface area contributed by atoms with Crippen molar-refractivity contribution in [2.75, 3.05) is 6.61 Å². The van der Waals surface area contributed by atoms with E-state index in [1.165, 1.54) is 0 Å². The summed E-state index contributed by atoms with van der Waals surface area (Å²) in [5, 5.41) is 4.19. The molecule has 1 aliphatic rings. The number of rotatable bonds is 1. The molecule has 1 atom stereocenters. The molecule has 0 radical (unpaired) electrons. The van der Waals surface area contributed by atoms with Crippen LogP contribution >= 0.6 is 0 Å². The molecule has 0 saturated heterocycles. The van der Waals surface area contributed by atoms with Gasteiger partial charge in [0.05, 0.1) is 18.4 Å². The lowest BCUT2D eigenvalue weighted by Crippen LogP contribution is -2.16. The highest BCUT2D eigenvalue weighted by Gasteiger charge is 2.17. The first kappa shape index (κ1) is 7.61. The fraction of sp³-hybridized carbons (Fsp3) is 0.625. The number of nitrogens with zero attached hydrogens (tertiary/aromatic N) is 2. The summed E-state index contributed by atoms with van der Waals surface area (Å²) >= 11 is 0. The molecule has 0 fully saturated rings. The first-order valence-corrected chi connectivity index (χ1v) is 4.23. The summed E-state index contributed by atoms with van der Waals surface area (Å²) in [5.74, 6) is 0.858. The molecule has 66 valence electrons. The summed E-state index contributed by atoms with van der Waals surface area (Å²) in [7, 11) is 0. The molecule has 0 amide bonds. The number of hydrogen-bond donors (Lipinski definition) is 1. The van der Waals surface area contributed by atoms with Gasteiger partial charge in [0, 0.05) is 19.0 Å². The molecule has 0 aromatic carbocycles. The summed E-state index contributed by atoms with van der Waals surface area (Å²) in [6.07, 6.45) is 2.83. The zero-order valence-electron chi connectivity index (χ0n) is 7.16. The predicted molar refractivity (Wildman–Crippen MR) is 44.9 cm³/mol. The maximum atomic E-state index is 5.75. The van der Waals surface area contributed by atoms with E-state index in [1.54, 1.807) is 6.20 Å². The van der Waals surface area contributed by atoms with E-state index < -0.39 is 0 Å². The minimum absolute atomic E-state index is 0.00634. The van der Waals surface area contributed by atoms with Crippen molar-refractivity contribution in [2.24, 2.45) is 5.73 Å². The van der Waals surface area contributed by atoms with Crippen LogP contribution in [0.4, 0.5) is 0 Å². The molecular weight excluding hydrogens is 154 g/mol. The van der Waals surface area contributed by atoms with Crippen molar-refractivity contribution >= 4 is 0 Å². The van der Waals surface area contributed by atoms with Crippen molar-refractivity contribution in [2.45, 2.75) is 25.9 Å². The van der Waals surface area contributed by atoms with Crippen LogP contribution in [0.1, 0.15) is 24.9 Å². The summed E-state index contributed by atoms with van der Waals surface area (Å²) in [4.78, 5) is 0. The highest BCUT2D eigenvalue weighted by atomic mass is 16.5. The third-order valence-electron chi connectivity index (χ3n) is 2.06. The topological polar surface area (TPSA) is 53.1 Å². The van der Waals surface area contributed by atoms with Gasteiger partial charge in [-0.2, -0.15) is 5.10 Å². The number of nitrogens with two attached hydrogens (primary N) is 1. The Morgan fingerprint density at radius 1 is 1.75 bits per heavy atom. The third-order valence-corrected chi connectivity index (χ3v) is 2.06. The Kier molecular flexibility index (Phi) is 1.77. The van der Waals surface area contributed by atoms with Gasteiger partial charge in [-0.1, -0.05) is 0 Å². The third kappa shape index (κ3) is 1.08. The Balaban J connectivity index is 2.38. The van der Waals surface area contributed by atoms with Gasteiger partial charge in [-0.15, -0.1) is 0 Å². The van der Waals surface area contributed by atoms with Gasteiger partial charge < -0.3 is 10.5 Å². The lowest BCUT2D eigenvalue weighted by molar-refractivity contribution is 0.227. The standard InChI is InChI=1S/C8H13N3O/c1-6(9)7-5-10-11-3-2-4-12-8(7)11/h5-6H,2-4,9H2,1H3/t6-/m1/s1. The molecule has 0 bridgehead atoms. The Morgan fingerprint density at radius 3 is 3.33 bits per heavy atom. The molecule has 0 aliphatic carbocycles. The van der Waals surface area contributed by atoms with Crippen molar-refractivity contribution in [3.63, 3.8) is 0 Å². The summed E-state index contributed by atoms with van der Waals surface area (Å²) in [5.41, 5.74) is 6.76. The minimum atomic E-state index is 0.00634. The van der Waals surface area contributed by atoms with Gasteiger partial charge in [0.15, 0.2) is 0 Å². The first-order chi connectivity index (χ1) is 5.79. The van der Waals surface area contributed by atoms with E-state index in [-0.39, 0.29) is 6.04 Å². The normalized spacial score (nSPS) is 18.2. The van der Waals surface area contributed by atoms with Crippen LogP contribution in [-0.2, 0) is 6.54 Å². The second-order valence-electron chi connectivity index (χ2n) is 3.12. The second kappa shape index (κ2) is 2.79. The van der Waals surface area contributed by atoms with E-state index >= 15 is 0 Å². The van der Waals surface area contributed by atoms with Gasteiger partial charge in [0.2, 0.25) is 5.88 Å². The van der Waals surface area contributed by atoms with Crippen LogP contribution in [0, 0.1) is 0 Å². The van der Waals surface area contributed by atoms with Crippen molar-refractivity contribution in [3.8, 4) is 5.88 Å². The fourth-order valence-corrected chi connectivity index (χ4v) is 1.40. The molecule has 0 saturated carbocycles. The van der Waals surface area contributed by atoms with Crippen molar-refractivity contribution < 1.29 is 4.74 Å². The number of fused-ring (bicyclic) bond motifs is 1. The number of ether oxygens (including phenoxy) is 1. The maximum Gasteiger partial charge on any atom is 0.216 e. The second-order valence-corrected chi connectivity index (χ2v) is 3.12. The fourth-order valence-electron chi connectivity index (χ4n) is 1.40. The van der Waals surface area contributed by atoms with Crippen LogP contribution in [0.15, 0.2) is 6.20 Å². The average molecular weight is 167 g/mol. The van der Waals surface area contributed by atoms with Crippen molar-refractivity contribution in [1.29, 1.82) is 0 Å². The van der Waals surface area contributed by atoms with E-state index in [4.69, 9.17) is 10.5 Å². The van der Waals surface area contributed by atoms with E-state index in [0.717, 1.165) is 31.0 Å². The molecule has 12 heavy (non-hydrogen) atoms. The van der Waals surface area contributed by atoms with Crippen LogP contribution < -0.4 is 10.5 Å². The highest BCUT2D eigenvalue weighted by molar-refractivity contribution is 5.27. The van der Waals surface area contributed by atoms with Gasteiger partial charge in [-0.05, 0) is 6.92 Å². The molecule has 4 heteroatoms. The predicted octanol–water partition coefficient (Wildman–Crippen LogP) is 0.685. The average Bonchev–Trinajstić information content (AvgIpc) is 2.47. The summed E-state index contributed by atoms with van der Waals surface area (Å²) in [6.45, 7) is 3.67. The molecule has 1 aromatic rings. The molecule has 0 spiro atoms. The quantitative estimate of drug-likeness (QED) is 0.669. The number of aryl methyl sites for hydroxylation is 1. The van der Waals surface area contributed by atoms with Gasteiger partial charge in [-0.3, -0.25) is 0 Å². The Bertz CT molecular complexity index is 280. The largest absolute Gasteiger partial charge is 0.478 e. The lowest BCUT2D eigenvalue weighted by Gasteiger charge is -2.16. The van der Waals surface area contributed by atoms with Gasteiger partial charge in [-0.25, -0.2) is 4.68 Å². The van der Waals surface area contributed by atoms with Crippen LogP contribution in [-0.4, -0.2) is 16.4 Å². The highest BCUT2D eigenvalue weighted by Crippen LogP contribution is 2.25. The molecule has 2 rings (SSSR count). The zero-order valence-corrected chi connectivity index (χ0v) is 7.16. The Morgan fingerprint density at radius 2 is 2.58 bits per heavy atom. The molecule has 4 nitrogen and oxygen atoms in total. The molecule has 0 unspecified atom stereocenters. The first-order valence-electron chi connectivity index (χ1n) is 4.23. The van der Waals surface area contributed by atoms with Gasteiger partial charge >= 0.3 is 0 Å². The molecular formula is C8H13N3O. The van der Waals surface area contributed by atoms with Crippen LogP contribution in [0.3, 0.4) is 0 Å². The Labute approximate surface area is 71.3 Å². The van der Waals surface area contributed by atoms with Crippen LogP contribution in [0.25, 0.3) is 0 Å². The van der Waals surface area contributed by atoms with Gasteiger partial charge in [0.25, 0.3) is 0 Å². The minimum Gasteiger partial charge on any atom is -0.478 e. The molecule has 1 aromatic heterocycles. The number of aromatic nitrogens is 2. The molecule has 2 N–H and O–H groups in total. The monoisotopic (exact) mass is 167 g/mol. The van der Waals surface area contributed by atoms with Crippen molar-refractivity contribution in [3.05, 3.63) is 11.8 Å².